The van der Waals surface area contributed by atoms with Crippen LogP contribution in [0.3, 0.4) is 0 Å². The monoisotopic (exact) mass is 290 g/mol. The normalized spacial score (nSPS) is 26.0. The minimum atomic E-state index is -0.179. The maximum Gasteiger partial charge on any atom is 0.258 e. The van der Waals surface area contributed by atoms with E-state index in [1.165, 1.54) is 18.2 Å². The molecule has 0 spiro atoms. The fraction of sp³-hybridized carbons (Fsp3) is 0.562. The molecule has 2 saturated heterocycles. The summed E-state index contributed by atoms with van der Waals surface area (Å²) in [6.07, 6.45) is 5.39. The zero-order valence-electron chi connectivity index (χ0n) is 12.1. The van der Waals surface area contributed by atoms with Crippen LogP contribution in [0.15, 0.2) is 18.2 Å². The zero-order valence-corrected chi connectivity index (χ0v) is 12.1. The number of phenols is 2. The highest BCUT2D eigenvalue weighted by Crippen LogP contribution is 2.29. The highest BCUT2D eigenvalue weighted by molar-refractivity contribution is 5.97. The van der Waals surface area contributed by atoms with Crippen LogP contribution in [-0.4, -0.2) is 46.2 Å². The third-order valence-electron chi connectivity index (χ3n) is 4.58. The van der Waals surface area contributed by atoms with E-state index in [1.807, 2.05) is 4.90 Å². The summed E-state index contributed by atoms with van der Waals surface area (Å²) in [5.74, 6) is -0.244. The van der Waals surface area contributed by atoms with E-state index in [0.29, 0.717) is 6.04 Å². The number of carbonyl (C=O) groups excluding carboxylic acids is 1. The minimum absolute atomic E-state index is 0.00343. The highest BCUT2D eigenvalue weighted by atomic mass is 16.3. The van der Waals surface area contributed by atoms with Crippen molar-refractivity contribution in [1.82, 2.24) is 10.2 Å². The molecule has 5 nitrogen and oxygen atoms in total. The van der Waals surface area contributed by atoms with E-state index in [0.717, 1.165) is 45.2 Å². The number of hydrogen-bond acceptors (Lipinski definition) is 4. The SMILES string of the molecule is O=C(c1cc(O)ccc1O)N1CCCCC1C1CCCN1. The Morgan fingerprint density at radius 2 is 2.05 bits per heavy atom. The minimum Gasteiger partial charge on any atom is -0.508 e. The van der Waals surface area contributed by atoms with Crippen LogP contribution in [0.4, 0.5) is 0 Å². The summed E-state index contributed by atoms with van der Waals surface area (Å²) < 4.78 is 0. The maximum absolute atomic E-state index is 12.8. The van der Waals surface area contributed by atoms with Crippen molar-refractivity contribution in [2.45, 2.75) is 44.2 Å². The van der Waals surface area contributed by atoms with Crippen molar-refractivity contribution in [2.75, 3.05) is 13.1 Å². The van der Waals surface area contributed by atoms with Gasteiger partial charge in [-0.25, -0.2) is 0 Å². The summed E-state index contributed by atoms with van der Waals surface area (Å²) in [5, 5.41) is 23.0. The van der Waals surface area contributed by atoms with Crippen LogP contribution in [0.5, 0.6) is 11.5 Å². The molecule has 0 aliphatic carbocycles. The van der Waals surface area contributed by atoms with E-state index in [2.05, 4.69) is 5.32 Å². The highest BCUT2D eigenvalue weighted by Gasteiger charge is 2.35. The van der Waals surface area contributed by atoms with Gasteiger partial charge in [0, 0.05) is 18.6 Å². The molecule has 1 aromatic rings. The molecule has 3 N–H and O–H groups in total. The molecule has 114 valence electrons. The predicted molar refractivity (Wildman–Crippen MR) is 79.5 cm³/mol. The lowest BCUT2D eigenvalue weighted by Crippen LogP contribution is -2.52. The first-order chi connectivity index (χ1) is 10.2. The molecule has 2 fully saturated rings. The van der Waals surface area contributed by atoms with Gasteiger partial charge in [-0.1, -0.05) is 0 Å². The number of likely N-dealkylation sites (tertiary alicyclic amines) is 1. The molecule has 2 aliphatic rings. The first kappa shape index (κ1) is 14.2. The van der Waals surface area contributed by atoms with Crippen molar-refractivity contribution in [3.05, 3.63) is 23.8 Å². The number of amides is 1. The molecule has 1 aromatic carbocycles. The largest absolute Gasteiger partial charge is 0.508 e. The number of nitrogens with one attached hydrogen (secondary N) is 1. The Bertz CT molecular complexity index is 526. The molecule has 2 aliphatic heterocycles. The summed E-state index contributed by atoms with van der Waals surface area (Å²) in [5.41, 5.74) is 0.194. The second kappa shape index (κ2) is 5.93. The van der Waals surface area contributed by atoms with Crippen molar-refractivity contribution >= 4 is 5.91 Å². The molecule has 1 amide bonds. The van der Waals surface area contributed by atoms with Crippen molar-refractivity contribution in [3.8, 4) is 11.5 Å². The summed E-state index contributed by atoms with van der Waals surface area (Å²) in [7, 11) is 0. The topological polar surface area (TPSA) is 72.8 Å². The quantitative estimate of drug-likeness (QED) is 0.727. The summed E-state index contributed by atoms with van der Waals surface area (Å²) >= 11 is 0. The van der Waals surface area contributed by atoms with Crippen LogP contribution in [0.2, 0.25) is 0 Å². The average molecular weight is 290 g/mol. The number of benzene rings is 1. The van der Waals surface area contributed by atoms with Gasteiger partial charge in [-0.3, -0.25) is 4.79 Å². The smallest absolute Gasteiger partial charge is 0.258 e. The van der Waals surface area contributed by atoms with E-state index >= 15 is 0 Å². The second-order valence-electron chi connectivity index (χ2n) is 5.97. The zero-order chi connectivity index (χ0) is 14.8. The Balaban J connectivity index is 1.85. The van der Waals surface area contributed by atoms with Gasteiger partial charge in [0.25, 0.3) is 5.91 Å². The van der Waals surface area contributed by atoms with E-state index < -0.39 is 0 Å². The molecule has 2 atom stereocenters. The number of hydrogen-bond donors (Lipinski definition) is 3. The summed E-state index contributed by atoms with van der Waals surface area (Å²) in [4.78, 5) is 14.6. The van der Waals surface area contributed by atoms with Crippen LogP contribution >= 0.6 is 0 Å². The van der Waals surface area contributed by atoms with Crippen LogP contribution in [0.1, 0.15) is 42.5 Å². The number of nitrogens with zero attached hydrogens (tertiary/aromatic N) is 1. The Labute approximate surface area is 124 Å². The Morgan fingerprint density at radius 3 is 2.81 bits per heavy atom. The van der Waals surface area contributed by atoms with Crippen LogP contribution in [-0.2, 0) is 0 Å². The number of aromatic hydroxyl groups is 2. The molecular formula is C16H22N2O3. The van der Waals surface area contributed by atoms with Crippen LogP contribution in [0, 0.1) is 0 Å². The first-order valence-corrected chi connectivity index (χ1v) is 7.73. The Kier molecular flexibility index (Phi) is 4.01. The third kappa shape index (κ3) is 2.83. The number of carbonyl (C=O) groups is 1. The van der Waals surface area contributed by atoms with E-state index in [-0.39, 0.29) is 29.0 Å². The van der Waals surface area contributed by atoms with Crippen molar-refractivity contribution < 1.29 is 15.0 Å². The van der Waals surface area contributed by atoms with Gasteiger partial charge in [0.1, 0.15) is 11.5 Å². The Morgan fingerprint density at radius 1 is 1.19 bits per heavy atom. The van der Waals surface area contributed by atoms with Crippen molar-refractivity contribution in [3.63, 3.8) is 0 Å². The fourth-order valence-corrected chi connectivity index (χ4v) is 3.52. The average Bonchev–Trinajstić information content (AvgIpc) is 3.03. The van der Waals surface area contributed by atoms with Gasteiger partial charge in [0.15, 0.2) is 0 Å². The lowest BCUT2D eigenvalue weighted by atomic mass is 9.93. The van der Waals surface area contributed by atoms with Crippen molar-refractivity contribution in [1.29, 1.82) is 0 Å². The number of piperidine rings is 1. The Hall–Kier alpha value is -1.75. The molecule has 21 heavy (non-hydrogen) atoms. The fourth-order valence-electron chi connectivity index (χ4n) is 3.52. The first-order valence-electron chi connectivity index (χ1n) is 7.73. The maximum atomic E-state index is 12.8. The van der Waals surface area contributed by atoms with Gasteiger partial charge in [0.2, 0.25) is 0 Å². The van der Waals surface area contributed by atoms with Crippen LogP contribution < -0.4 is 5.32 Å². The molecule has 2 unspecified atom stereocenters. The van der Waals surface area contributed by atoms with E-state index in [1.54, 1.807) is 0 Å². The van der Waals surface area contributed by atoms with Gasteiger partial charge >= 0.3 is 0 Å². The van der Waals surface area contributed by atoms with E-state index in [4.69, 9.17) is 0 Å². The summed E-state index contributed by atoms with van der Waals surface area (Å²) in [6, 6.07) is 4.66. The lowest BCUT2D eigenvalue weighted by molar-refractivity contribution is 0.0560. The predicted octanol–water partition coefficient (Wildman–Crippen LogP) is 1.84. The second-order valence-corrected chi connectivity index (χ2v) is 5.97. The molecule has 0 saturated carbocycles. The third-order valence-corrected chi connectivity index (χ3v) is 4.58. The number of rotatable bonds is 2. The van der Waals surface area contributed by atoms with Gasteiger partial charge in [-0.15, -0.1) is 0 Å². The molecule has 0 bridgehead atoms. The van der Waals surface area contributed by atoms with E-state index in [9.17, 15) is 15.0 Å². The van der Waals surface area contributed by atoms with Gasteiger partial charge in [0.05, 0.1) is 5.56 Å². The molecule has 3 rings (SSSR count). The van der Waals surface area contributed by atoms with Crippen molar-refractivity contribution in [2.24, 2.45) is 0 Å². The van der Waals surface area contributed by atoms with Crippen LogP contribution in [0.25, 0.3) is 0 Å². The van der Waals surface area contributed by atoms with Gasteiger partial charge < -0.3 is 20.4 Å². The molecule has 5 heteroatoms. The lowest BCUT2D eigenvalue weighted by Gasteiger charge is -2.39. The number of phenolic OH excluding ortho intramolecular Hbond substituents is 2. The van der Waals surface area contributed by atoms with Gasteiger partial charge in [-0.2, -0.15) is 0 Å². The molecular weight excluding hydrogens is 268 g/mol. The standard InChI is InChI=1S/C16H22N2O3/c19-11-6-7-15(20)12(10-11)16(21)18-9-2-1-5-14(18)13-4-3-8-17-13/h6-7,10,13-14,17,19-20H,1-5,8-9H2. The molecule has 0 radical (unpaired) electrons. The molecule has 0 aromatic heterocycles. The summed E-state index contributed by atoms with van der Waals surface area (Å²) in [6.45, 7) is 1.73. The van der Waals surface area contributed by atoms with Gasteiger partial charge in [-0.05, 0) is 56.8 Å². The molecule has 2 heterocycles.